The van der Waals surface area contributed by atoms with E-state index in [2.05, 4.69) is 53.1 Å². The fourth-order valence-corrected chi connectivity index (χ4v) is 2.46. The van der Waals surface area contributed by atoms with Gasteiger partial charge in [0.05, 0.1) is 15.9 Å². The highest BCUT2D eigenvalue weighted by Gasteiger charge is 2.15. The molecule has 5 nitrogen and oxygen atoms in total. The zero-order chi connectivity index (χ0) is 12.3. The molecule has 0 radical (unpaired) electrons. The van der Waals surface area contributed by atoms with E-state index >= 15 is 0 Å². The van der Waals surface area contributed by atoms with Gasteiger partial charge in [-0.05, 0) is 31.9 Å². The molecule has 0 atom stereocenters. The quantitative estimate of drug-likeness (QED) is 0.466. The summed E-state index contributed by atoms with van der Waals surface area (Å²) in [6.07, 6.45) is 0. The standard InChI is InChI=1S/C8H5Br3N2O3/c9-3-7(14)12-8-5(10)1-4(13(15)16)2-6(8)11/h1-2H,3H2,(H,12,14). The molecule has 1 amide bonds. The van der Waals surface area contributed by atoms with Gasteiger partial charge >= 0.3 is 0 Å². The third-order valence-corrected chi connectivity index (χ3v) is 3.38. The van der Waals surface area contributed by atoms with Crippen molar-refractivity contribution in [1.82, 2.24) is 0 Å². The molecule has 0 unspecified atom stereocenters. The van der Waals surface area contributed by atoms with E-state index in [-0.39, 0.29) is 16.9 Å². The lowest BCUT2D eigenvalue weighted by Gasteiger charge is -2.08. The molecule has 0 aliphatic rings. The molecule has 0 bridgehead atoms. The number of rotatable bonds is 3. The summed E-state index contributed by atoms with van der Waals surface area (Å²) >= 11 is 9.33. The van der Waals surface area contributed by atoms with Crippen LogP contribution in [0.4, 0.5) is 11.4 Å². The maximum atomic E-state index is 11.2. The number of hydrogen-bond acceptors (Lipinski definition) is 3. The maximum absolute atomic E-state index is 11.2. The number of nitro groups is 1. The highest BCUT2D eigenvalue weighted by molar-refractivity contribution is 9.11. The van der Waals surface area contributed by atoms with Crippen molar-refractivity contribution in [2.75, 3.05) is 10.6 Å². The van der Waals surface area contributed by atoms with Crippen LogP contribution < -0.4 is 5.32 Å². The van der Waals surface area contributed by atoms with Gasteiger partial charge in [0, 0.05) is 21.1 Å². The molecule has 0 spiro atoms. The zero-order valence-corrected chi connectivity index (χ0v) is 12.4. The minimum Gasteiger partial charge on any atom is -0.323 e. The molecule has 1 aromatic carbocycles. The second kappa shape index (κ2) is 5.74. The molecule has 1 N–H and O–H groups in total. The number of benzene rings is 1. The summed E-state index contributed by atoms with van der Waals surface area (Å²) in [5.41, 5.74) is 0.408. The predicted octanol–water partition coefficient (Wildman–Crippen LogP) is 3.45. The van der Waals surface area contributed by atoms with Crippen molar-refractivity contribution in [2.45, 2.75) is 0 Å². The lowest BCUT2D eigenvalue weighted by molar-refractivity contribution is -0.385. The minimum atomic E-state index is -0.508. The van der Waals surface area contributed by atoms with Crippen molar-refractivity contribution >= 4 is 65.1 Å². The topological polar surface area (TPSA) is 72.2 Å². The van der Waals surface area contributed by atoms with Crippen LogP contribution in [0.15, 0.2) is 21.1 Å². The van der Waals surface area contributed by atoms with Gasteiger partial charge in [-0.1, -0.05) is 15.9 Å². The minimum absolute atomic E-state index is 0.0596. The average molecular weight is 417 g/mol. The van der Waals surface area contributed by atoms with E-state index in [4.69, 9.17) is 0 Å². The monoisotopic (exact) mass is 414 g/mol. The Bertz CT molecular complexity index is 427. The summed E-state index contributed by atoms with van der Waals surface area (Å²) < 4.78 is 0.894. The first kappa shape index (κ1) is 13.6. The number of nitrogens with zero attached hydrogens (tertiary/aromatic N) is 1. The Morgan fingerprint density at radius 2 is 1.88 bits per heavy atom. The zero-order valence-electron chi connectivity index (χ0n) is 7.67. The molecular weight excluding hydrogens is 412 g/mol. The Morgan fingerprint density at radius 1 is 1.38 bits per heavy atom. The molecule has 16 heavy (non-hydrogen) atoms. The van der Waals surface area contributed by atoms with Gasteiger partial charge in [-0.25, -0.2) is 0 Å². The molecule has 0 aromatic heterocycles. The smallest absolute Gasteiger partial charge is 0.271 e. The van der Waals surface area contributed by atoms with E-state index < -0.39 is 4.92 Å². The van der Waals surface area contributed by atoms with Crippen LogP contribution >= 0.6 is 47.8 Å². The Balaban J connectivity index is 3.12. The van der Waals surface area contributed by atoms with Gasteiger partial charge in [0.25, 0.3) is 5.69 Å². The lowest BCUT2D eigenvalue weighted by atomic mass is 10.3. The maximum Gasteiger partial charge on any atom is 0.271 e. The highest BCUT2D eigenvalue weighted by Crippen LogP contribution is 2.35. The van der Waals surface area contributed by atoms with Gasteiger partial charge in [-0.2, -0.15) is 0 Å². The number of amides is 1. The van der Waals surface area contributed by atoms with Gasteiger partial charge in [-0.15, -0.1) is 0 Å². The molecule has 86 valence electrons. The first-order chi connectivity index (χ1) is 7.45. The van der Waals surface area contributed by atoms with Crippen LogP contribution in [-0.2, 0) is 4.79 Å². The van der Waals surface area contributed by atoms with Crippen molar-refractivity contribution in [3.8, 4) is 0 Å². The van der Waals surface area contributed by atoms with E-state index in [9.17, 15) is 14.9 Å². The fourth-order valence-electron chi connectivity index (χ4n) is 0.957. The van der Waals surface area contributed by atoms with Crippen LogP contribution in [0.1, 0.15) is 0 Å². The first-order valence-corrected chi connectivity index (χ1v) is 6.65. The number of nitro benzene ring substituents is 1. The summed E-state index contributed by atoms with van der Waals surface area (Å²) in [7, 11) is 0. The van der Waals surface area contributed by atoms with Gasteiger partial charge in [0.1, 0.15) is 0 Å². The molecular formula is C8H5Br3N2O3. The van der Waals surface area contributed by atoms with Crippen molar-refractivity contribution < 1.29 is 9.72 Å². The number of non-ortho nitro benzene ring substituents is 1. The van der Waals surface area contributed by atoms with Crippen molar-refractivity contribution in [2.24, 2.45) is 0 Å². The molecule has 1 aromatic rings. The van der Waals surface area contributed by atoms with E-state index in [1.165, 1.54) is 12.1 Å². The van der Waals surface area contributed by atoms with Crippen LogP contribution in [-0.4, -0.2) is 16.2 Å². The van der Waals surface area contributed by atoms with Gasteiger partial charge < -0.3 is 5.32 Å². The Labute approximate surface area is 116 Å². The predicted molar refractivity (Wildman–Crippen MR) is 70.9 cm³/mol. The summed E-state index contributed by atoms with van der Waals surface area (Å²) in [6, 6.07) is 2.66. The largest absolute Gasteiger partial charge is 0.323 e. The Morgan fingerprint density at radius 3 is 2.25 bits per heavy atom. The Kier molecular flexibility index (Phi) is 4.88. The van der Waals surface area contributed by atoms with Crippen LogP contribution in [0.2, 0.25) is 0 Å². The van der Waals surface area contributed by atoms with Crippen LogP contribution in [0.25, 0.3) is 0 Å². The average Bonchev–Trinajstić information content (AvgIpc) is 2.22. The number of anilines is 1. The van der Waals surface area contributed by atoms with Crippen molar-refractivity contribution in [1.29, 1.82) is 0 Å². The number of nitrogens with one attached hydrogen (secondary N) is 1. The second-order valence-electron chi connectivity index (χ2n) is 2.72. The van der Waals surface area contributed by atoms with Crippen molar-refractivity contribution in [3.05, 3.63) is 31.2 Å². The van der Waals surface area contributed by atoms with Gasteiger partial charge in [0.15, 0.2) is 0 Å². The fraction of sp³-hybridized carbons (Fsp3) is 0.125. The second-order valence-corrected chi connectivity index (χ2v) is 4.99. The molecule has 0 heterocycles. The third-order valence-electron chi connectivity index (χ3n) is 1.62. The van der Waals surface area contributed by atoms with E-state index in [0.29, 0.717) is 14.6 Å². The molecule has 0 aliphatic carbocycles. The summed E-state index contributed by atoms with van der Waals surface area (Å²) in [5.74, 6) is -0.241. The van der Waals surface area contributed by atoms with E-state index in [1.807, 2.05) is 0 Å². The normalized spacial score (nSPS) is 9.94. The number of halogens is 3. The summed E-state index contributed by atoms with van der Waals surface area (Å²) in [5, 5.41) is 13.3. The van der Waals surface area contributed by atoms with Crippen molar-refractivity contribution in [3.63, 3.8) is 0 Å². The third kappa shape index (κ3) is 3.26. The van der Waals surface area contributed by atoms with Crippen LogP contribution in [0.5, 0.6) is 0 Å². The molecule has 0 saturated carbocycles. The first-order valence-electron chi connectivity index (χ1n) is 3.95. The lowest BCUT2D eigenvalue weighted by Crippen LogP contribution is -2.13. The summed E-state index contributed by atoms with van der Waals surface area (Å²) in [6.45, 7) is 0. The summed E-state index contributed by atoms with van der Waals surface area (Å²) in [4.78, 5) is 21.2. The molecule has 0 saturated heterocycles. The van der Waals surface area contributed by atoms with Crippen LogP contribution in [0, 0.1) is 10.1 Å². The highest BCUT2D eigenvalue weighted by atomic mass is 79.9. The molecule has 8 heteroatoms. The van der Waals surface area contributed by atoms with E-state index in [0.717, 1.165) is 0 Å². The molecule has 0 aliphatic heterocycles. The SMILES string of the molecule is O=C(CBr)Nc1c(Br)cc([N+](=O)[O-])cc1Br. The Hall–Kier alpha value is -0.470. The number of alkyl halides is 1. The van der Waals surface area contributed by atoms with Gasteiger partial charge in [-0.3, -0.25) is 14.9 Å². The number of carbonyl (C=O) groups is 1. The van der Waals surface area contributed by atoms with Crippen LogP contribution in [0.3, 0.4) is 0 Å². The number of carbonyl (C=O) groups excluding carboxylic acids is 1. The molecule has 1 rings (SSSR count). The van der Waals surface area contributed by atoms with E-state index in [1.54, 1.807) is 0 Å². The molecule has 0 fully saturated rings. The number of hydrogen-bond donors (Lipinski definition) is 1. The van der Waals surface area contributed by atoms with Gasteiger partial charge in [0.2, 0.25) is 5.91 Å².